The van der Waals surface area contributed by atoms with Crippen molar-refractivity contribution in [1.29, 1.82) is 0 Å². The molecule has 0 bridgehead atoms. The van der Waals surface area contributed by atoms with Crippen molar-refractivity contribution in [3.63, 3.8) is 0 Å². The molecule has 0 spiro atoms. The highest BCUT2D eigenvalue weighted by atomic mass is 32.2. The van der Waals surface area contributed by atoms with E-state index in [9.17, 15) is 4.79 Å². The van der Waals surface area contributed by atoms with Gasteiger partial charge in [0.05, 0.1) is 5.75 Å². The summed E-state index contributed by atoms with van der Waals surface area (Å²) in [7, 11) is 0. The van der Waals surface area contributed by atoms with E-state index in [1.165, 1.54) is 22.9 Å². The van der Waals surface area contributed by atoms with Gasteiger partial charge in [-0.15, -0.1) is 10.2 Å². The monoisotopic (exact) mass is 422 g/mol. The topological polar surface area (TPSA) is 69.5 Å². The van der Waals surface area contributed by atoms with Gasteiger partial charge in [0.1, 0.15) is 0 Å². The van der Waals surface area contributed by atoms with Crippen molar-refractivity contribution >= 4 is 17.7 Å². The molecule has 0 unspecified atom stereocenters. The predicted molar refractivity (Wildman–Crippen MR) is 114 cm³/mol. The SMILES string of the molecule is CCn1c(SCC(=O)N2CCc3ccccc3C2)nnc1-c1ccc2c(c1)OCO2. The average Bonchev–Trinajstić information content (AvgIpc) is 3.42. The number of benzene rings is 2. The number of amides is 1. The zero-order chi connectivity index (χ0) is 20.5. The molecule has 0 radical (unpaired) electrons. The van der Waals surface area contributed by atoms with Crippen LogP contribution in [0.3, 0.4) is 0 Å². The third-order valence-corrected chi connectivity index (χ3v) is 6.42. The first kappa shape index (κ1) is 19.0. The Hall–Kier alpha value is -3.00. The number of hydrogen-bond acceptors (Lipinski definition) is 6. The molecule has 7 nitrogen and oxygen atoms in total. The molecule has 0 N–H and O–H groups in total. The number of carbonyl (C=O) groups excluding carboxylic acids is 1. The van der Waals surface area contributed by atoms with Crippen molar-refractivity contribution in [2.24, 2.45) is 0 Å². The van der Waals surface area contributed by atoms with Gasteiger partial charge in [0.25, 0.3) is 0 Å². The van der Waals surface area contributed by atoms with E-state index in [-0.39, 0.29) is 12.7 Å². The van der Waals surface area contributed by atoms with Gasteiger partial charge < -0.3 is 18.9 Å². The van der Waals surface area contributed by atoms with Gasteiger partial charge in [-0.2, -0.15) is 0 Å². The van der Waals surface area contributed by atoms with E-state index in [0.717, 1.165) is 35.3 Å². The second-order valence-corrected chi connectivity index (χ2v) is 8.18. The van der Waals surface area contributed by atoms with Crippen molar-refractivity contribution in [3.8, 4) is 22.9 Å². The van der Waals surface area contributed by atoms with Gasteiger partial charge in [0.15, 0.2) is 22.5 Å². The third-order valence-electron chi connectivity index (χ3n) is 5.47. The third kappa shape index (κ3) is 3.52. The van der Waals surface area contributed by atoms with E-state index < -0.39 is 0 Å². The van der Waals surface area contributed by atoms with E-state index in [2.05, 4.69) is 28.4 Å². The van der Waals surface area contributed by atoms with Crippen molar-refractivity contribution in [3.05, 3.63) is 53.6 Å². The molecule has 0 saturated carbocycles. The minimum atomic E-state index is 0.129. The van der Waals surface area contributed by atoms with E-state index in [1.54, 1.807) is 0 Å². The summed E-state index contributed by atoms with van der Waals surface area (Å²) in [6, 6.07) is 14.1. The number of thioether (sulfide) groups is 1. The molecule has 8 heteroatoms. The molecule has 0 saturated heterocycles. The first-order valence-electron chi connectivity index (χ1n) is 10.0. The molecule has 5 rings (SSSR count). The van der Waals surface area contributed by atoms with Crippen LogP contribution in [0.15, 0.2) is 47.6 Å². The van der Waals surface area contributed by atoms with Gasteiger partial charge >= 0.3 is 0 Å². The highest BCUT2D eigenvalue weighted by molar-refractivity contribution is 7.99. The fraction of sp³-hybridized carbons (Fsp3) is 0.318. The summed E-state index contributed by atoms with van der Waals surface area (Å²) in [6.45, 7) is 4.44. The normalized spacial score (nSPS) is 14.6. The van der Waals surface area contributed by atoms with Crippen molar-refractivity contribution in [2.45, 2.75) is 31.6 Å². The number of fused-ring (bicyclic) bond motifs is 2. The van der Waals surface area contributed by atoms with Crippen LogP contribution in [0.1, 0.15) is 18.1 Å². The molecule has 0 fully saturated rings. The van der Waals surface area contributed by atoms with Crippen LogP contribution in [0.5, 0.6) is 11.5 Å². The Morgan fingerprint density at radius 3 is 2.80 bits per heavy atom. The predicted octanol–water partition coefficient (Wildman–Crippen LogP) is 3.37. The Morgan fingerprint density at radius 2 is 1.93 bits per heavy atom. The van der Waals surface area contributed by atoms with Crippen LogP contribution >= 0.6 is 11.8 Å². The number of nitrogens with zero attached hydrogens (tertiary/aromatic N) is 4. The molecule has 154 valence electrons. The Morgan fingerprint density at radius 1 is 1.10 bits per heavy atom. The Balaban J connectivity index is 1.28. The number of aromatic nitrogens is 3. The minimum absolute atomic E-state index is 0.129. The minimum Gasteiger partial charge on any atom is -0.454 e. The maximum absolute atomic E-state index is 12.8. The summed E-state index contributed by atoms with van der Waals surface area (Å²) in [5.41, 5.74) is 3.50. The Labute approximate surface area is 179 Å². The molecule has 2 aliphatic heterocycles. The average molecular weight is 423 g/mol. The zero-order valence-corrected chi connectivity index (χ0v) is 17.5. The summed E-state index contributed by atoms with van der Waals surface area (Å²) in [5.74, 6) is 2.70. The van der Waals surface area contributed by atoms with Gasteiger partial charge in [-0.3, -0.25) is 4.79 Å². The van der Waals surface area contributed by atoms with Crippen LogP contribution in [-0.4, -0.2) is 44.7 Å². The zero-order valence-electron chi connectivity index (χ0n) is 16.7. The first-order valence-corrected chi connectivity index (χ1v) is 11.0. The first-order chi connectivity index (χ1) is 14.7. The molecular formula is C22H22N4O3S. The summed E-state index contributed by atoms with van der Waals surface area (Å²) in [6.07, 6.45) is 0.909. The summed E-state index contributed by atoms with van der Waals surface area (Å²) >= 11 is 1.44. The molecule has 0 aliphatic carbocycles. The van der Waals surface area contributed by atoms with E-state index >= 15 is 0 Å². The lowest BCUT2D eigenvalue weighted by atomic mass is 10.00. The van der Waals surface area contributed by atoms with Crippen molar-refractivity contribution in [1.82, 2.24) is 19.7 Å². The lowest BCUT2D eigenvalue weighted by Gasteiger charge is -2.28. The molecule has 1 amide bonds. The van der Waals surface area contributed by atoms with E-state index in [4.69, 9.17) is 9.47 Å². The molecule has 1 aromatic heterocycles. The second-order valence-electron chi connectivity index (χ2n) is 7.24. The highest BCUT2D eigenvalue weighted by Crippen LogP contribution is 2.36. The van der Waals surface area contributed by atoms with Gasteiger partial charge in [-0.05, 0) is 42.7 Å². The molecule has 2 aliphatic rings. The number of carbonyl (C=O) groups is 1. The van der Waals surface area contributed by atoms with Crippen molar-refractivity contribution in [2.75, 3.05) is 19.1 Å². The lowest BCUT2D eigenvalue weighted by molar-refractivity contribution is -0.129. The largest absolute Gasteiger partial charge is 0.454 e. The molecule has 0 atom stereocenters. The molecule has 3 heterocycles. The highest BCUT2D eigenvalue weighted by Gasteiger charge is 2.22. The Bertz CT molecular complexity index is 1100. The lowest BCUT2D eigenvalue weighted by Crippen LogP contribution is -2.37. The molecular weight excluding hydrogens is 400 g/mol. The van der Waals surface area contributed by atoms with Gasteiger partial charge in [0, 0.05) is 25.2 Å². The van der Waals surface area contributed by atoms with E-state index in [0.29, 0.717) is 24.6 Å². The quantitative estimate of drug-likeness (QED) is 0.587. The smallest absolute Gasteiger partial charge is 0.233 e. The summed E-state index contributed by atoms with van der Waals surface area (Å²) in [5, 5.41) is 9.46. The van der Waals surface area contributed by atoms with Crippen molar-refractivity contribution < 1.29 is 14.3 Å². The van der Waals surface area contributed by atoms with Crippen LogP contribution in [0.2, 0.25) is 0 Å². The van der Waals surface area contributed by atoms with Crippen LogP contribution < -0.4 is 9.47 Å². The Kier molecular flexibility index (Phi) is 5.08. The fourth-order valence-electron chi connectivity index (χ4n) is 3.86. The maximum Gasteiger partial charge on any atom is 0.233 e. The second kappa shape index (κ2) is 8.02. The molecule has 30 heavy (non-hydrogen) atoms. The maximum atomic E-state index is 12.8. The van der Waals surface area contributed by atoms with E-state index in [1.807, 2.05) is 40.7 Å². The number of hydrogen-bond donors (Lipinski definition) is 0. The summed E-state index contributed by atoms with van der Waals surface area (Å²) in [4.78, 5) is 14.7. The van der Waals surface area contributed by atoms with Crippen LogP contribution in [0.25, 0.3) is 11.4 Å². The standard InChI is InChI=1S/C22H22N4O3S/c1-2-26-21(16-7-8-18-19(11-16)29-14-28-18)23-24-22(26)30-13-20(27)25-10-9-15-5-3-4-6-17(15)12-25/h3-8,11H,2,9-10,12-14H2,1H3. The molecule has 2 aromatic carbocycles. The van der Waals surface area contributed by atoms with Gasteiger partial charge in [0.2, 0.25) is 12.7 Å². The fourth-order valence-corrected chi connectivity index (χ4v) is 4.76. The number of ether oxygens (including phenoxy) is 2. The van der Waals surface area contributed by atoms with Crippen LogP contribution in [-0.2, 0) is 24.3 Å². The molecule has 3 aromatic rings. The van der Waals surface area contributed by atoms with Gasteiger partial charge in [-0.1, -0.05) is 36.0 Å². The van der Waals surface area contributed by atoms with Crippen LogP contribution in [0, 0.1) is 0 Å². The summed E-state index contributed by atoms with van der Waals surface area (Å²) < 4.78 is 12.9. The van der Waals surface area contributed by atoms with Crippen LogP contribution in [0.4, 0.5) is 0 Å². The number of rotatable bonds is 5. The van der Waals surface area contributed by atoms with Gasteiger partial charge in [-0.25, -0.2) is 0 Å².